The largest absolute Gasteiger partial charge is 0.331 e. The van der Waals surface area contributed by atoms with Gasteiger partial charge in [0.15, 0.2) is 0 Å². The third kappa shape index (κ3) is 10.8. The summed E-state index contributed by atoms with van der Waals surface area (Å²) in [4.78, 5) is 0. The van der Waals surface area contributed by atoms with Crippen LogP contribution in [0.1, 0.15) is 40.5 Å². The van der Waals surface area contributed by atoms with E-state index in [2.05, 4.69) is 21.1 Å². The molecule has 0 saturated heterocycles. The first-order valence-electron chi connectivity index (χ1n) is 5.57. The van der Waals surface area contributed by atoms with Gasteiger partial charge in [0, 0.05) is 5.54 Å². The van der Waals surface area contributed by atoms with Crippen LogP contribution >= 0.6 is 23.6 Å². The smallest absolute Gasteiger partial charge is 0.0781 e. The molecule has 0 fully saturated rings. The predicted molar refractivity (Wildman–Crippen MR) is 71.1 cm³/mol. The van der Waals surface area contributed by atoms with Gasteiger partial charge in [0.05, 0.1) is 27.7 Å². The van der Waals surface area contributed by atoms with E-state index in [1.165, 1.54) is 3.94 Å². The van der Waals surface area contributed by atoms with E-state index in [1.807, 2.05) is 27.7 Å². The minimum absolute atomic E-state index is 0.127. The molecule has 4 heteroatoms. The van der Waals surface area contributed by atoms with E-state index in [4.69, 9.17) is 23.6 Å². The first-order chi connectivity index (χ1) is 6.65. The van der Waals surface area contributed by atoms with Crippen molar-refractivity contribution in [3.63, 3.8) is 0 Å². The Balaban J connectivity index is 0. The van der Waals surface area contributed by atoms with Gasteiger partial charge < -0.3 is 4.48 Å². The van der Waals surface area contributed by atoms with Gasteiger partial charge >= 0.3 is 0 Å². The van der Waals surface area contributed by atoms with Crippen LogP contribution in [0.25, 0.3) is 0 Å². The zero-order chi connectivity index (χ0) is 12.7. The predicted octanol–water partition coefficient (Wildman–Crippen LogP) is 3.89. The molecule has 0 unspecified atom stereocenters. The van der Waals surface area contributed by atoms with Crippen LogP contribution in [0, 0.1) is 0 Å². The highest BCUT2D eigenvalue weighted by Crippen LogP contribution is 2.24. The molecule has 0 spiro atoms. The van der Waals surface area contributed by atoms with Crippen molar-refractivity contribution in [2.24, 2.45) is 0 Å². The van der Waals surface area contributed by atoms with Crippen LogP contribution in [-0.4, -0.2) is 41.6 Å². The second-order valence-electron chi connectivity index (χ2n) is 5.16. The number of quaternary nitrogens is 1. The Morgan fingerprint density at radius 2 is 1.47 bits per heavy atom. The number of rotatable bonds is 5. The quantitative estimate of drug-likeness (QED) is 0.534. The summed E-state index contributed by atoms with van der Waals surface area (Å²) in [5.74, 6) is 0. The lowest BCUT2D eigenvalue weighted by atomic mass is 10.00. The number of nitrogens with zero attached hydrogens (tertiary/aromatic N) is 2. The van der Waals surface area contributed by atoms with Gasteiger partial charge in [-0.3, -0.25) is 0 Å². The standard InChI is InChI=1S/C9H21Cl2N2.C2H6/c1-9(2,12(10)11)7-6-8-13(3,4)5;1-2/h6-8H2,1-5H3;1-2H3/q+1;. The Morgan fingerprint density at radius 1 is 1.07 bits per heavy atom. The van der Waals surface area contributed by atoms with Crippen LogP contribution < -0.4 is 0 Å². The maximum absolute atomic E-state index is 5.71. The average molecular weight is 258 g/mol. The van der Waals surface area contributed by atoms with Gasteiger partial charge in [0.2, 0.25) is 0 Å². The molecule has 0 heterocycles. The van der Waals surface area contributed by atoms with Crippen LogP contribution in [0.5, 0.6) is 0 Å². The van der Waals surface area contributed by atoms with Crippen molar-refractivity contribution in [3.8, 4) is 0 Å². The van der Waals surface area contributed by atoms with Crippen LogP contribution in [-0.2, 0) is 0 Å². The molecule has 0 aromatic heterocycles. The van der Waals surface area contributed by atoms with Gasteiger partial charge in [-0.1, -0.05) is 13.8 Å². The molecule has 0 aliphatic heterocycles. The van der Waals surface area contributed by atoms with Crippen molar-refractivity contribution in [3.05, 3.63) is 0 Å². The molecule has 0 radical (unpaired) electrons. The van der Waals surface area contributed by atoms with Gasteiger partial charge in [-0.05, 0) is 50.2 Å². The van der Waals surface area contributed by atoms with Crippen molar-refractivity contribution < 1.29 is 4.48 Å². The second kappa shape index (κ2) is 7.72. The van der Waals surface area contributed by atoms with E-state index in [0.29, 0.717) is 0 Å². The fourth-order valence-corrected chi connectivity index (χ4v) is 1.24. The van der Waals surface area contributed by atoms with Crippen LogP contribution in [0.3, 0.4) is 0 Å². The lowest BCUT2D eigenvalue weighted by molar-refractivity contribution is -0.870. The second-order valence-corrected chi connectivity index (χ2v) is 6.01. The van der Waals surface area contributed by atoms with Crippen molar-refractivity contribution in [2.45, 2.75) is 46.1 Å². The Morgan fingerprint density at radius 3 is 1.73 bits per heavy atom. The molecule has 0 rings (SSSR count). The molecule has 0 atom stereocenters. The number of hydrogen-bond acceptors (Lipinski definition) is 1. The lowest BCUT2D eigenvalue weighted by Gasteiger charge is -2.30. The minimum Gasteiger partial charge on any atom is -0.331 e. The summed E-state index contributed by atoms with van der Waals surface area (Å²) in [5.41, 5.74) is -0.127. The Hall–Kier alpha value is 0.500. The summed E-state index contributed by atoms with van der Waals surface area (Å²) in [6.07, 6.45) is 2.14. The van der Waals surface area contributed by atoms with Crippen LogP contribution in [0.2, 0.25) is 0 Å². The third-order valence-corrected chi connectivity index (χ3v) is 2.99. The molecule has 0 N–H and O–H groups in total. The Bertz CT molecular complexity index is 151. The third-order valence-electron chi connectivity index (χ3n) is 2.08. The maximum atomic E-state index is 5.71. The minimum atomic E-state index is -0.127. The highest BCUT2D eigenvalue weighted by atomic mass is 35.5. The van der Waals surface area contributed by atoms with Crippen molar-refractivity contribution in [1.29, 1.82) is 0 Å². The average Bonchev–Trinajstić information content (AvgIpc) is 2.04. The van der Waals surface area contributed by atoms with E-state index in [0.717, 1.165) is 23.9 Å². The molecular formula is C11H27Cl2N2+. The van der Waals surface area contributed by atoms with Crippen molar-refractivity contribution in [1.82, 2.24) is 3.94 Å². The fraction of sp³-hybridized carbons (Fsp3) is 1.00. The zero-order valence-corrected chi connectivity index (χ0v) is 12.8. The molecule has 0 aliphatic rings. The summed E-state index contributed by atoms with van der Waals surface area (Å²) in [6.45, 7) is 9.23. The summed E-state index contributed by atoms with van der Waals surface area (Å²) >= 11 is 11.4. The molecule has 0 aliphatic carbocycles. The van der Waals surface area contributed by atoms with Crippen molar-refractivity contribution >= 4 is 23.6 Å². The van der Waals surface area contributed by atoms with Gasteiger partial charge in [0.1, 0.15) is 0 Å². The molecule has 0 aromatic carbocycles. The topological polar surface area (TPSA) is 3.24 Å². The molecule has 2 nitrogen and oxygen atoms in total. The van der Waals surface area contributed by atoms with Gasteiger partial charge in [-0.25, -0.2) is 0 Å². The van der Waals surface area contributed by atoms with E-state index in [9.17, 15) is 0 Å². The molecule has 0 bridgehead atoms. The molecule has 94 valence electrons. The first-order valence-corrected chi connectivity index (χ1v) is 6.25. The van der Waals surface area contributed by atoms with E-state index >= 15 is 0 Å². The van der Waals surface area contributed by atoms with E-state index < -0.39 is 0 Å². The molecule has 0 amide bonds. The Kier molecular flexibility index (Phi) is 9.20. The lowest BCUT2D eigenvalue weighted by Crippen LogP contribution is -2.37. The highest BCUT2D eigenvalue weighted by molar-refractivity contribution is 6.34. The normalized spacial score (nSPS) is 12.4. The maximum Gasteiger partial charge on any atom is 0.0781 e. The zero-order valence-electron chi connectivity index (χ0n) is 11.3. The summed E-state index contributed by atoms with van der Waals surface area (Å²) in [7, 11) is 6.56. The highest BCUT2D eigenvalue weighted by Gasteiger charge is 2.24. The molecule has 0 aromatic rings. The van der Waals surface area contributed by atoms with Crippen LogP contribution in [0.15, 0.2) is 0 Å². The number of hydrogen-bond donors (Lipinski definition) is 0. The fourth-order valence-electron chi connectivity index (χ4n) is 1.07. The first kappa shape index (κ1) is 17.9. The van der Waals surface area contributed by atoms with E-state index in [-0.39, 0.29) is 5.54 Å². The van der Waals surface area contributed by atoms with Crippen molar-refractivity contribution in [2.75, 3.05) is 27.7 Å². The van der Waals surface area contributed by atoms with Gasteiger partial charge in [0.25, 0.3) is 0 Å². The van der Waals surface area contributed by atoms with Gasteiger partial charge in [-0.2, -0.15) is 0 Å². The van der Waals surface area contributed by atoms with Crippen LogP contribution in [0.4, 0.5) is 0 Å². The molecular weight excluding hydrogens is 231 g/mol. The molecule has 0 saturated carbocycles. The number of halogens is 2. The summed E-state index contributed by atoms with van der Waals surface area (Å²) < 4.78 is 2.24. The van der Waals surface area contributed by atoms with Gasteiger partial charge in [-0.15, -0.1) is 3.94 Å². The SMILES string of the molecule is CC.CC(C)(CCC[N+](C)(C)C)N(Cl)Cl. The summed E-state index contributed by atoms with van der Waals surface area (Å²) in [5, 5.41) is 0. The van der Waals surface area contributed by atoms with E-state index in [1.54, 1.807) is 0 Å². The molecule has 15 heavy (non-hydrogen) atoms. The summed E-state index contributed by atoms with van der Waals surface area (Å²) in [6, 6.07) is 0. The Labute approximate surface area is 106 Å². The monoisotopic (exact) mass is 257 g/mol.